The molecule has 5 rings (SSSR count). The highest BCUT2D eigenvalue weighted by Crippen LogP contribution is 2.43. The van der Waals surface area contributed by atoms with Gasteiger partial charge in [0.15, 0.2) is 10.9 Å². The Morgan fingerprint density at radius 1 is 1.33 bits per heavy atom. The second kappa shape index (κ2) is 6.77. The van der Waals surface area contributed by atoms with Gasteiger partial charge in [0, 0.05) is 25.0 Å². The highest BCUT2D eigenvalue weighted by Gasteiger charge is 2.46. The average Bonchev–Trinajstić information content (AvgIpc) is 3.13. The molecule has 8 heteroatoms. The van der Waals surface area contributed by atoms with E-state index < -0.39 is 11.4 Å². The number of nitrogens with zero attached hydrogens (tertiary/aromatic N) is 3. The molecule has 0 aromatic carbocycles. The van der Waals surface area contributed by atoms with Crippen molar-refractivity contribution in [2.24, 2.45) is 5.92 Å². The van der Waals surface area contributed by atoms with Gasteiger partial charge in [0.25, 0.3) is 0 Å². The maximum Gasteiger partial charge on any atom is 0.238 e. The van der Waals surface area contributed by atoms with Gasteiger partial charge in [-0.2, -0.15) is 4.55 Å². The van der Waals surface area contributed by atoms with Crippen LogP contribution in [0.1, 0.15) is 56.5 Å². The minimum atomic E-state index is -0.660. The van der Waals surface area contributed by atoms with Gasteiger partial charge in [-0.1, -0.05) is 13.3 Å². The SMILES string of the molecule is CC[C@@H]1C[C@H](N[S+](O)C2CC2)C[C@@H]1c1nc(CO)c2cnc3[nH]ccc3n12. The minimum Gasteiger partial charge on any atom is -0.390 e. The van der Waals surface area contributed by atoms with Crippen molar-refractivity contribution in [2.75, 3.05) is 0 Å². The van der Waals surface area contributed by atoms with E-state index in [0.29, 0.717) is 28.8 Å². The van der Waals surface area contributed by atoms with Gasteiger partial charge in [0.2, 0.25) is 11.4 Å². The first kappa shape index (κ1) is 17.5. The number of aromatic nitrogens is 4. The molecule has 3 heterocycles. The van der Waals surface area contributed by atoms with Gasteiger partial charge in [-0.05, 0) is 24.8 Å². The van der Waals surface area contributed by atoms with Crippen molar-refractivity contribution in [1.29, 1.82) is 0 Å². The van der Waals surface area contributed by atoms with Crippen LogP contribution < -0.4 is 4.72 Å². The zero-order valence-corrected chi connectivity index (χ0v) is 16.2. The zero-order valence-electron chi connectivity index (χ0n) is 15.4. The van der Waals surface area contributed by atoms with Gasteiger partial charge in [0.05, 0.1) is 35.6 Å². The van der Waals surface area contributed by atoms with Crippen LogP contribution in [0.4, 0.5) is 0 Å². The van der Waals surface area contributed by atoms with Gasteiger partial charge < -0.3 is 10.1 Å². The van der Waals surface area contributed by atoms with Crippen LogP contribution in [0.15, 0.2) is 18.5 Å². The summed E-state index contributed by atoms with van der Waals surface area (Å²) in [5.74, 6) is 1.83. The predicted octanol–water partition coefficient (Wildman–Crippen LogP) is 2.73. The van der Waals surface area contributed by atoms with Crippen molar-refractivity contribution >= 4 is 28.0 Å². The molecule has 4 N–H and O–H groups in total. The third-order valence-electron chi connectivity index (χ3n) is 6.10. The number of hydrogen-bond acceptors (Lipinski definition) is 5. The highest BCUT2D eigenvalue weighted by molar-refractivity contribution is 7.90. The van der Waals surface area contributed by atoms with Gasteiger partial charge in [-0.15, -0.1) is 4.72 Å². The van der Waals surface area contributed by atoms with Crippen LogP contribution in [-0.2, 0) is 18.0 Å². The third-order valence-corrected chi connectivity index (χ3v) is 7.78. The molecule has 0 aliphatic heterocycles. The van der Waals surface area contributed by atoms with Crippen molar-refractivity contribution in [3.63, 3.8) is 0 Å². The molecule has 4 atom stereocenters. The van der Waals surface area contributed by atoms with Crippen molar-refractivity contribution in [3.05, 3.63) is 30.0 Å². The van der Waals surface area contributed by atoms with E-state index in [1.165, 1.54) is 0 Å². The normalized spacial score (nSPS) is 27.0. The monoisotopic (exact) mass is 388 g/mol. The molecule has 2 saturated carbocycles. The molecule has 0 bridgehead atoms. The fraction of sp³-hybridized carbons (Fsp3) is 0.579. The van der Waals surface area contributed by atoms with Crippen LogP contribution in [0.3, 0.4) is 0 Å². The Morgan fingerprint density at radius 3 is 2.93 bits per heavy atom. The quantitative estimate of drug-likeness (QED) is 0.487. The van der Waals surface area contributed by atoms with Crippen molar-refractivity contribution in [3.8, 4) is 0 Å². The Balaban J connectivity index is 1.54. The maximum absolute atomic E-state index is 10.3. The van der Waals surface area contributed by atoms with Gasteiger partial charge >= 0.3 is 0 Å². The van der Waals surface area contributed by atoms with Gasteiger partial charge in [-0.25, -0.2) is 9.97 Å². The summed E-state index contributed by atoms with van der Waals surface area (Å²) in [6.07, 6.45) is 9.08. The molecule has 1 unspecified atom stereocenters. The number of nitrogens with one attached hydrogen (secondary N) is 2. The summed E-state index contributed by atoms with van der Waals surface area (Å²) < 4.78 is 16.0. The van der Waals surface area contributed by atoms with Crippen molar-refractivity contribution in [2.45, 2.75) is 62.8 Å². The van der Waals surface area contributed by atoms with Crippen molar-refractivity contribution < 1.29 is 9.66 Å². The van der Waals surface area contributed by atoms with E-state index >= 15 is 0 Å². The van der Waals surface area contributed by atoms with E-state index in [2.05, 4.69) is 26.0 Å². The van der Waals surface area contributed by atoms with Crippen LogP contribution in [0.25, 0.3) is 16.7 Å². The molecule has 2 aliphatic carbocycles. The number of H-pyrrole nitrogens is 1. The molecule has 3 aromatic rings. The fourth-order valence-corrected chi connectivity index (χ4v) is 5.87. The molecular formula is C19H26N5O2S+. The molecular weight excluding hydrogens is 362 g/mol. The Bertz CT molecular complexity index is 966. The van der Waals surface area contributed by atoms with E-state index in [0.717, 1.165) is 54.6 Å². The zero-order chi connectivity index (χ0) is 18.5. The summed E-state index contributed by atoms with van der Waals surface area (Å²) in [5.41, 5.74) is 3.40. The lowest BCUT2D eigenvalue weighted by molar-refractivity contribution is 0.278. The highest BCUT2D eigenvalue weighted by atomic mass is 32.2. The molecule has 3 aromatic heterocycles. The smallest absolute Gasteiger partial charge is 0.238 e. The molecule has 27 heavy (non-hydrogen) atoms. The van der Waals surface area contributed by atoms with Gasteiger partial charge in [0.1, 0.15) is 5.82 Å². The first-order valence-corrected chi connectivity index (χ1v) is 11.1. The van der Waals surface area contributed by atoms with Crippen LogP contribution >= 0.6 is 0 Å². The number of hydrogen-bond donors (Lipinski definition) is 4. The molecule has 7 nitrogen and oxygen atoms in total. The van der Waals surface area contributed by atoms with Gasteiger partial charge in [-0.3, -0.25) is 4.40 Å². The standard InChI is InChI=1S/C19H26N5O2S/c1-2-11-7-12(23-27(26)13-3-4-13)8-14(11)19-22-15(10-25)17-9-21-18-16(24(17)19)5-6-20-18/h5-6,9,11-14,20,23,25-26H,2-4,7-8,10H2,1H3/q+1/t11-,12+,14+,27?/m1/s1. The fourth-order valence-electron chi connectivity index (χ4n) is 4.56. The molecule has 2 fully saturated rings. The van der Waals surface area contributed by atoms with E-state index in [4.69, 9.17) is 4.98 Å². The summed E-state index contributed by atoms with van der Waals surface area (Å²) in [4.78, 5) is 12.5. The topological polar surface area (TPSA) is 98.5 Å². The molecule has 0 saturated heterocycles. The third kappa shape index (κ3) is 2.95. The van der Waals surface area contributed by atoms with Crippen molar-refractivity contribution in [1.82, 2.24) is 24.1 Å². The lowest BCUT2D eigenvalue weighted by Crippen LogP contribution is -2.35. The summed E-state index contributed by atoms with van der Waals surface area (Å²) >= 11 is -0.660. The van der Waals surface area contributed by atoms with Crippen LogP contribution in [-0.4, -0.2) is 40.3 Å². The van der Waals surface area contributed by atoms with Crippen LogP contribution in [0, 0.1) is 5.92 Å². The average molecular weight is 389 g/mol. The molecule has 144 valence electrons. The molecule has 2 aliphatic rings. The Hall–Kier alpha value is -1.61. The second-order valence-corrected chi connectivity index (χ2v) is 9.37. The Labute approximate surface area is 160 Å². The van der Waals surface area contributed by atoms with E-state index in [1.807, 2.05) is 12.3 Å². The first-order valence-electron chi connectivity index (χ1n) is 9.82. The number of imidazole rings is 1. The largest absolute Gasteiger partial charge is 0.390 e. The lowest BCUT2D eigenvalue weighted by Gasteiger charge is -2.16. The minimum absolute atomic E-state index is 0.0892. The van der Waals surface area contributed by atoms with E-state index in [-0.39, 0.29) is 6.61 Å². The molecule has 0 amide bonds. The number of aromatic amines is 1. The Morgan fingerprint density at radius 2 is 2.19 bits per heavy atom. The first-order chi connectivity index (χ1) is 13.2. The predicted molar refractivity (Wildman–Crippen MR) is 106 cm³/mol. The molecule has 0 spiro atoms. The van der Waals surface area contributed by atoms with Crippen LogP contribution in [0.2, 0.25) is 0 Å². The van der Waals surface area contributed by atoms with Crippen LogP contribution in [0.5, 0.6) is 0 Å². The Kier molecular flexibility index (Phi) is 4.39. The number of aliphatic hydroxyl groups is 1. The maximum atomic E-state index is 10.3. The van der Waals surface area contributed by atoms with E-state index in [1.54, 1.807) is 6.20 Å². The number of rotatable bonds is 6. The molecule has 0 radical (unpaired) electrons. The summed E-state index contributed by atoms with van der Waals surface area (Å²) in [6.45, 7) is 2.14. The summed E-state index contributed by atoms with van der Waals surface area (Å²) in [5, 5.41) is 10.3. The second-order valence-electron chi connectivity index (χ2n) is 7.84. The number of aliphatic hydroxyl groups excluding tert-OH is 1. The summed E-state index contributed by atoms with van der Waals surface area (Å²) in [6, 6.07) is 2.34. The van der Waals surface area contributed by atoms with E-state index in [9.17, 15) is 9.66 Å². The lowest BCUT2D eigenvalue weighted by atomic mass is 9.93. The number of fused-ring (bicyclic) bond motifs is 3. The summed E-state index contributed by atoms with van der Waals surface area (Å²) in [7, 11) is 0.